The first-order valence-corrected chi connectivity index (χ1v) is 4.88. The molecule has 1 aliphatic rings. The number of rotatable bonds is 4. The van der Waals surface area contributed by atoms with Crippen molar-refractivity contribution in [2.45, 2.75) is 24.9 Å². The van der Waals surface area contributed by atoms with E-state index < -0.39 is 0 Å². The number of hydrogen-bond acceptors (Lipinski definition) is 3. The molecule has 1 aromatic rings. The minimum absolute atomic E-state index is 0.0160. The fourth-order valence-corrected chi connectivity index (χ4v) is 1.45. The third-order valence-corrected chi connectivity index (χ3v) is 2.76. The van der Waals surface area contributed by atoms with Crippen LogP contribution in [0.25, 0.3) is 0 Å². The molecule has 3 heteroatoms. The van der Waals surface area contributed by atoms with Gasteiger partial charge in [0.2, 0.25) is 0 Å². The van der Waals surface area contributed by atoms with Crippen LogP contribution in [0.3, 0.4) is 0 Å². The van der Waals surface area contributed by atoms with Crippen molar-refractivity contribution in [1.29, 1.82) is 0 Å². The quantitative estimate of drug-likeness (QED) is 0.669. The molecule has 0 spiro atoms. The SMILES string of the molecule is OCC1(NCc2ccc(O)cc2)CC1. The van der Waals surface area contributed by atoms with Gasteiger partial charge in [0, 0.05) is 12.1 Å². The van der Waals surface area contributed by atoms with E-state index in [4.69, 9.17) is 10.2 Å². The Hall–Kier alpha value is -1.06. The van der Waals surface area contributed by atoms with Gasteiger partial charge in [0.25, 0.3) is 0 Å². The minimum atomic E-state index is -0.0160. The second kappa shape index (κ2) is 3.59. The standard InChI is InChI=1S/C11H15NO2/c13-8-11(5-6-11)12-7-9-1-3-10(14)4-2-9/h1-4,12-14H,5-8H2. The van der Waals surface area contributed by atoms with Crippen LogP contribution in [0.15, 0.2) is 24.3 Å². The Labute approximate surface area is 83.4 Å². The maximum atomic E-state index is 9.08. The highest BCUT2D eigenvalue weighted by molar-refractivity contribution is 5.26. The molecule has 0 heterocycles. The monoisotopic (exact) mass is 193 g/mol. The highest BCUT2D eigenvalue weighted by atomic mass is 16.3. The molecule has 3 N–H and O–H groups in total. The Morgan fingerprint density at radius 3 is 2.36 bits per heavy atom. The lowest BCUT2D eigenvalue weighted by molar-refractivity contribution is 0.229. The van der Waals surface area contributed by atoms with Gasteiger partial charge in [-0.25, -0.2) is 0 Å². The molecular weight excluding hydrogens is 178 g/mol. The summed E-state index contributed by atoms with van der Waals surface area (Å²) in [5.74, 6) is 0.289. The normalized spacial score (nSPS) is 18.1. The van der Waals surface area contributed by atoms with E-state index in [0.717, 1.165) is 24.9 Å². The molecule has 3 nitrogen and oxygen atoms in total. The van der Waals surface area contributed by atoms with Gasteiger partial charge in [0.05, 0.1) is 6.61 Å². The van der Waals surface area contributed by atoms with E-state index in [1.165, 1.54) is 0 Å². The van der Waals surface area contributed by atoms with Gasteiger partial charge in [0.1, 0.15) is 5.75 Å². The first-order chi connectivity index (χ1) is 6.74. The Morgan fingerprint density at radius 1 is 1.21 bits per heavy atom. The van der Waals surface area contributed by atoms with Crippen LogP contribution < -0.4 is 5.32 Å². The van der Waals surface area contributed by atoms with Gasteiger partial charge in [-0.1, -0.05) is 12.1 Å². The summed E-state index contributed by atoms with van der Waals surface area (Å²) >= 11 is 0. The number of nitrogens with one attached hydrogen (secondary N) is 1. The summed E-state index contributed by atoms with van der Waals surface area (Å²) < 4.78 is 0. The third kappa shape index (κ3) is 2.05. The molecule has 0 unspecified atom stereocenters. The molecule has 0 aromatic heterocycles. The lowest BCUT2D eigenvalue weighted by atomic mass is 10.2. The molecule has 0 saturated heterocycles. The van der Waals surface area contributed by atoms with Crippen LogP contribution in [0.5, 0.6) is 5.75 Å². The largest absolute Gasteiger partial charge is 0.508 e. The molecule has 76 valence electrons. The molecule has 1 saturated carbocycles. The molecule has 0 bridgehead atoms. The second-order valence-electron chi connectivity index (χ2n) is 3.96. The highest BCUT2D eigenvalue weighted by Gasteiger charge is 2.41. The van der Waals surface area contributed by atoms with Gasteiger partial charge in [-0.15, -0.1) is 0 Å². The topological polar surface area (TPSA) is 52.5 Å². The van der Waals surface area contributed by atoms with Gasteiger partial charge in [-0.2, -0.15) is 0 Å². The average Bonchev–Trinajstić information content (AvgIpc) is 2.98. The summed E-state index contributed by atoms with van der Waals surface area (Å²) in [5, 5.41) is 21.5. The minimum Gasteiger partial charge on any atom is -0.508 e. The van der Waals surface area contributed by atoms with Crippen molar-refractivity contribution in [3.05, 3.63) is 29.8 Å². The van der Waals surface area contributed by atoms with Gasteiger partial charge >= 0.3 is 0 Å². The predicted molar refractivity (Wildman–Crippen MR) is 54.0 cm³/mol. The zero-order valence-electron chi connectivity index (χ0n) is 8.03. The van der Waals surface area contributed by atoms with E-state index >= 15 is 0 Å². The van der Waals surface area contributed by atoms with Crippen molar-refractivity contribution in [2.24, 2.45) is 0 Å². The lowest BCUT2D eigenvalue weighted by Crippen LogP contribution is -2.34. The maximum Gasteiger partial charge on any atom is 0.115 e. The molecule has 1 fully saturated rings. The van der Waals surface area contributed by atoms with E-state index in [1.807, 2.05) is 12.1 Å². The number of phenolic OH excluding ortho intramolecular Hbond substituents is 1. The first-order valence-electron chi connectivity index (χ1n) is 4.88. The van der Waals surface area contributed by atoms with E-state index in [2.05, 4.69) is 5.32 Å². The molecule has 2 rings (SSSR count). The predicted octanol–water partition coefficient (Wildman–Crippen LogP) is 1.01. The summed E-state index contributed by atoms with van der Waals surface area (Å²) in [6, 6.07) is 7.12. The molecule has 0 atom stereocenters. The number of aliphatic hydroxyl groups is 1. The van der Waals surface area contributed by atoms with Crippen molar-refractivity contribution in [3.63, 3.8) is 0 Å². The fourth-order valence-electron chi connectivity index (χ4n) is 1.45. The molecule has 0 aliphatic heterocycles. The van der Waals surface area contributed by atoms with Crippen molar-refractivity contribution < 1.29 is 10.2 Å². The number of aliphatic hydroxyl groups excluding tert-OH is 1. The Kier molecular flexibility index (Phi) is 2.44. The molecular formula is C11H15NO2. The van der Waals surface area contributed by atoms with Crippen molar-refractivity contribution in [1.82, 2.24) is 5.32 Å². The summed E-state index contributed by atoms with van der Waals surface area (Å²) in [6.07, 6.45) is 2.11. The lowest BCUT2D eigenvalue weighted by Gasteiger charge is -2.13. The zero-order valence-corrected chi connectivity index (χ0v) is 8.03. The van der Waals surface area contributed by atoms with Gasteiger partial charge < -0.3 is 15.5 Å². The summed E-state index contributed by atoms with van der Waals surface area (Å²) in [5.41, 5.74) is 1.11. The van der Waals surface area contributed by atoms with Crippen LogP contribution >= 0.6 is 0 Å². The Bertz CT molecular complexity index is 304. The van der Waals surface area contributed by atoms with Crippen LogP contribution in [-0.2, 0) is 6.54 Å². The Balaban J connectivity index is 1.89. The van der Waals surface area contributed by atoms with Crippen molar-refractivity contribution in [2.75, 3.05) is 6.61 Å². The van der Waals surface area contributed by atoms with Crippen molar-refractivity contribution >= 4 is 0 Å². The van der Waals surface area contributed by atoms with Gasteiger partial charge in [0.15, 0.2) is 0 Å². The molecule has 1 aromatic carbocycles. The molecule has 0 amide bonds. The average molecular weight is 193 g/mol. The zero-order chi connectivity index (χ0) is 10.0. The molecule has 14 heavy (non-hydrogen) atoms. The van der Waals surface area contributed by atoms with E-state index in [1.54, 1.807) is 12.1 Å². The van der Waals surface area contributed by atoms with E-state index in [-0.39, 0.29) is 17.9 Å². The summed E-state index contributed by atoms with van der Waals surface area (Å²) in [7, 11) is 0. The van der Waals surface area contributed by atoms with E-state index in [9.17, 15) is 0 Å². The van der Waals surface area contributed by atoms with Crippen molar-refractivity contribution in [3.8, 4) is 5.75 Å². The third-order valence-electron chi connectivity index (χ3n) is 2.76. The van der Waals surface area contributed by atoms with Crippen LogP contribution in [0.4, 0.5) is 0 Å². The molecule has 1 aliphatic carbocycles. The van der Waals surface area contributed by atoms with Gasteiger partial charge in [-0.3, -0.25) is 0 Å². The van der Waals surface area contributed by atoms with Crippen LogP contribution in [0, 0.1) is 0 Å². The Morgan fingerprint density at radius 2 is 1.86 bits per heavy atom. The highest BCUT2D eigenvalue weighted by Crippen LogP contribution is 2.34. The molecule has 0 radical (unpaired) electrons. The number of aromatic hydroxyl groups is 1. The number of hydrogen-bond donors (Lipinski definition) is 3. The smallest absolute Gasteiger partial charge is 0.115 e. The van der Waals surface area contributed by atoms with E-state index in [0.29, 0.717) is 0 Å². The van der Waals surface area contributed by atoms with Crippen LogP contribution in [0.2, 0.25) is 0 Å². The summed E-state index contributed by atoms with van der Waals surface area (Å²) in [6.45, 7) is 0.964. The maximum absolute atomic E-state index is 9.08. The van der Waals surface area contributed by atoms with Gasteiger partial charge in [-0.05, 0) is 30.5 Å². The number of phenols is 1. The summed E-state index contributed by atoms with van der Waals surface area (Å²) in [4.78, 5) is 0. The van der Waals surface area contributed by atoms with Crippen LogP contribution in [-0.4, -0.2) is 22.4 Å². The fraction of sp³-hybridized carbons (Fsp3) is 0.455. The second-order valence-corrected chi connectivity index (χ2v) is 3.96. The van der Waals surface area contributed by atoms with Crippen LogP contribution in [0.1, 0.15) is 18.4 Å². The first kappa shape index (κ1) is 9.49. The number of benzene rings is 1.